The van der Waals surface area contributed by atoms with Crippen molar-refractivity contribution >= 4 is 159 Å². The number of unbranched alkanes of at least 4 members (excludes halogenated alkanes) is 1. The maximum atomic E-state index is 15.5. The maximum Gasteiger partial charge on any atom is 0.245 e. The average molecular weight is 1870 g/mol. The van der Waals surface area contributed by atoms with E-state index in [1.54, 1.807) is 98.8 Å². The molecule has 0 spiro atoms. The number of para-hydroxylation sites is 1. The number of benzene rings is 4. The molecule has 42 nitrogen and oxygen atoms in total. The van der Waals surface area contributed by atoms with E-state index < -0.39 is 245 Å². The number of thiol groups is 2. The minimum Gasteiger partial charge on any atom is -0.492 e. The number of carbonyl (C=O) groups excluding carboxylic acids is 19. The van der Waals surface area contributed by atoms with E-state index in [0.29, 0.717) is 38.7 Å². The van der Waals surface area contributed by atoms with E-state index >= 15 is 24.0 Å². The molecule has 5 rings (SSSR count). The molecule has 0 radical (unpaired) electrons. The molecule has 1 heterocycles. The lowest BCUT2D eigenvalue weighted by Gasteiger charge is -2.33. The zero-order valence-corrected chi connectivity index (χ0v) is 76.9. The molecule has 1 aromatic heterocycles. The molecule has 5 aromatic rings. The fourth-order valence-corrected chi connectivity index (χ4v) is 14.1. The number of aromatic amines is 1. The highest BCUT2D eigenvalue weighted by atomic mass is 32.1. The van der Waals surface area contributed by atoms with E-state index in [9.17, 15) is 72.2 Å². The van der Waals surface area contributed by atoms with Crippen molar-refractivity contribution in [3.63, 3.8) is 0 Å². The number of nitrogens with one attached hydrogen (secondary N) is 15. The maximum absolute atomic E-state index is 15.5. The lowest BCUT2D eigenvalue weighted by molar-refractivity contribution is -0.138. The van der Waals surface area contributed by atoms with Crippen LogP contribution in [0.5, 0.6) is 5.75 Å². The minimum absolute atomic E-state index is 0.111. The second-order valence-electron chi connectivity index (χ2n) is 34.0. The number of amides is 19. The Morgan fingerprint density at radius 2 is 0.893 bits per heavy atom. The van der Waals surface area contributed by atoms with Crippen LogP contribution in [0.15, 0.2) is 97.2 Å². The summed E-state index contributed by atoms with van der Waals surface area (Å²) in [6, 6.07) is 5.11. The molecule has 0 aliphatic heterocycles. The Morgan fingerprint density at radius 3 is 1.43 bits per heavy atom. The van der Waals surface area contributed by atoms with Crippen LogP contribution in [0, 0.1) is 5.92 Å². The highest BCUT2D eigenvalue weighted by Gasteiger charge is 2.44. The number of fused-ring (bicyclic) bond motifs is 2. The van der Waals surface area contributed by atoms with Crippen molar-refractivity contribution in [2.75, 3.05) is 19.7 Å². The second kappa shape index (κ2) is 50.8. The highest BCUT2D eigenvalue weighted by molar-refractivity contribution is 7.82. The molecule has 28 N–H and O–H groups in total. The fraction of sp³-hybridized carbons (Fsp3) is 0.506. The summed E-state index contributed by atoms with van der Waals surface area (Å²) in [5.41, 5.74) is 32.8. The Kier molecular flexibility index (Phi) is 42.1. The normalized spacial score (nSPS) is 14.5. The van der Waals surface area contributed by atoms with Crippen LogP contribution in [-0.2, 0) is 110 Å². The quantitative estimate of drug-likeness (QED) is 0.0132. The summed E-state index contributed by atoms with van der Waals surface area (Å²) < 4.78 is 2.69. The number of hydrogen-bond acceptors (Lipinski definition) is 24. The zero-order valence-electron chi connectivity index (χ0n) is 75.1. The lowest BCUT2D eigenvalue weighted by atomic mass is 9.97. The van der Waals surface area contributed by atoms with Crippen LogP contribution >= 0.6 is 25.3 Å². The smallest absolute Gasteiger partial charge is 0.245 e. The van der Waals surface area contributed by atoms with Gasteiger partial charge in [-0.15, -0.1) is 0 Å². The van der Waals surface area contributed by atoms with Crippen LogP contribution in [0.2, 0.25) is 0 Å². The molecular formula is C87H125N21O21S2. The van der Waals surface area contributed by atoms with Crippen LogP contribution in [0.3, 0.4) is 0 Å². The van der Waals surface area contributed by atoms with Gasteiger partial charge in [0.15, 0.2) is 0 Å². The van der Waals surface area contributed by atoms with Gasteiger partial charge in [-0.25, -0.2) is 0 Å². The van der Waals surface area contributed by atoms with Crippen molar-refractivity contribution in [1.82, 2.24) is 79.4 Å². The van der Waals surface area contributed by atoms with E-state index in [1.807, 2.05) is 6.07 Å². The first kappa shape index (κ1) is 109. The van der Waals surface area contributed by atoms with Gasteiger partial charge in [0.1, 0.15) is 90.4 Å². The molecule has 13 atom stereocenters. The van der Waals surface area contributed by atoms with Gasteiger partial charge in [0.25, 0.3) is 0 Å². The third-order valence-corrected chi connectivity index (χ3v) is 21.1. The average Bonchev–Trinajstić information content (AvgIpc) is 1.66. The molecule has 44 heteroatoms. The Hall–Kier alpha value is -13.0. The number of primary amides is 5. The van der Waals surface area contributed by atoms with Crippen molar-refractivity contribution in [3.8, 4) is 5.75 Å². The Morgan fingerprint density at radius 1 is 0.443 bits per heavy atom. The van der Waals surface area contributed by atoms with E-state index in [0.717, 1.165) is 12.3 Å². The second-order valence-corrected chi connectivity index (χ2v) is 36.3. The number of ether oxygens (including phenoxy) is 1. The van der Waals surface area contributed by atoms with E-state index in [1.165, 1.54) is 61.6 Å². The highest BCUT2D eigenvalue weighted by Crippen LogP contribution is 2.25. The zero-order chi connectivity index (χ0) is 98.1. The molecule has 0 fully saturated rings. The van der Waals surface area contributed by atoms with Crippen LogP contribution in [0.4, 0.5) is 0 Å². The van der Waals surface area contributed by atoms with Crippen LogP contribution < -0.4 is 114 Å². The molecule has 0 aliphatic rings. The van der Waals surface area contributed by atoms with Gasteiger partial charge < -0.3 is 124 Å². The van der Waals surface area contributed by atoms with Crippen molar-refractivity contribution in [2.24, 2.45) is 40.3 Å². The summed E-state index contributed by atoms with van der Waals surface area (Å²) in [6.45, 7) is 15.9. The molecule has 4 aromatic carbocycles. The summed E-state index contributed by atoms with van der Waals surface area (Å²) in [5, 5.41) is 48.9. The van der Waals surface area contributed by atoms with Gasteiger partial charge in [0.2, 0.25) is 112 Å². The molecule has 0 unspecified atom stereocenters. The Bertz CT molecular complexity index is 4940. The summed E-state index contributed by atoms with van der Waals surface area (Å²) >= 11 is 9.30. The number of aliphatic hydroxyl groups is 1. The van der Waals surface area contributed by atoms with Gasteiger partial charge in [-0.2, -0.15) is 25.3 Å². The number of aliphatic hydroxyl groups excluding tert-OH is 1. The molecule has 19 amide bonds. The van der Waals surface area contributed by atoms with Crippen LogP contribution in [0.1, 0.15) is 157 Å². The fourth-order valence-electron chi connectivity index (χ4n) is 13.7. The standard InChI is InChI=1S/C87H125N21O21S2/c1-44(2)36-60(96-47(5)111)79(123)107-70(86(8,9)130)82(126)98-57(29-31-65(89)112)74(118)105-69(45(3)109)81(125)102-63(40-52-43-95-55-21-15-14-20-54(52)55)77(121)97-58(30-32-66(90)113)75(119)106-71(87(10,11)131)83(127)103-61(38-48-24-27-53(28-25-48)129-35-33-88)76(120)100-62(39-49-23-26-50-18-12-13-19-51(50)37-49)80(124)108-85(6,7)84(128)104-56(22-16-17-34-94-46(4)110)73(117)101-64(42-68(92)115)78(122)99-59(72(93)116)41-67(91)114/h12-15,18-21,23-28,37,43-45,56-64,69-71,95,109,130-131H,16-17,22,29-36,38-42,88H2,1-11H3,(H2,89,112)(H2,90,113)(H2,91,114)(H2,92,115)(H2,93,116)(H,94,110)(H,96,111)(H,97,121)(H,98,126)(H,99,122)(H,100,120)(H,101,117)(H,102,125)(H,103,127)(H,104,128)(H,105,118)(H,106,119)(H,107,123)(H,108,124)/t45-,56+,57+,58+,59+,60+,61+,62+,63+,64+,69+,70-,71-/m1/s1. The van der Waals surface area contributed by atoms with Gasteiger partial charge in [-0.1, -0.05) is 86.6 Å². The lowest BCUT2D eigenvalue weighted by Crippen LogP contribution is -2.65. The van der Waals surface area contributed by atoms with Crippen molar-refractivity contribution in [1.29, 1.82) is 0 Å². The molecule has 0 bridgehead atoms. The van der Waals surface area contributed by atoms with Crippen molar-refractivity contribution < 1.29 is 101 Å². The molecule has 0 saturated heterocycles. The van der Waals surface area contributed by atoms with Gasteiger partial charge in [0.05, 0.1) is 18.9 Å². The third kappa shape index (κ3) is 36.5. The Labute approximate surface area is 768 Å². The number of H-pyrrole nitrogens is 1. The first-order valence-electron chi connectivity index (χ1n) is 42.5. The molecular weight excluding hydrogens is 1740 g/mol. The van der Waals surface area contributed by atoms with E-state index in [2.05, 4.69) is 92.0 Å². The van der Waals surface area contributed by atoms with Gasteiger partial charge >= 0.3 is 0 Å². The van der Waals surface area contributed by atoms with E-state index in [4.69, 9.17) is 51.8 Å². The van der Waals surface area contributed by atoms with E-state index in [-0.39, 0.29) is 70.0 Å². The van der Waals surface area contributed by atoms with Crippen molar-refractivity contribution in [2.45, 2.75) is 253 Å². The number of hydrogen-bond donors (Lipinski definition) is 24. The SMILES string of the molecule is CC(=O)NCCCC[C@H](NC(=O)C(C)(C)NC(=O)[C@H](Cc1ccc2ccccc2c1)NC(=O)[C@H](Cc1ccc(OCCN)cc1)NC(=O)[C@@H](NC(=O)[C@H](CCC(N)=O)NC(=O)[C@H](Cc1c[nH]c2ccccc12)NC(=O)[C@@H](NC(=O)[C@H](CCC(N)=O)NC(=O)[C@@H](NC(=O)[C@H](CC(C)C)NC(C)=O)C(C)(C)S)[C@@H](C)O)C(C)(C)S)C(=O)N[C@@H](CC(N)=O)C(=O)N[C@@H](CC(N)=O)C(N)=O. The predicted octanol–water partition coefficient (Wildman–Crippen LogP) is -3.66. The summed E-state index contributed by atoms with van der Waals surface area (Å²) in [4.78, 5) is 265. The number of aromatic nitrogens is 1. The topological polar surface area (TPSA) is 694 Å². The van der Waals surface area contributed by atoms with Crippen molar-refractivity contribution in [3.05, 3.63) is 114 Å². The Balaban J connectivity index is 1.54. The van der Waals surface area contributed by atoms with Gasteiger partial charge in [0, 0.05) is 85.6 Å². The number of rotatable bonds is 55. The molecule has 716 valence electrons. The number of nitrogens with two attached hydrogens (primary N) is 6. The minimum atomic E-state index is -2.04. The molecule has 0 saturated carbocycles. The summed E-state index contributed by atoms with van der Waals surface area (Å²) in [6.07, 6.45) is -4.94. The van der Waals surface area contributed by atoms with Crippen LogP contribution in [-0.4, -0.2) is 236 Å². The largest absolute Gasteiger partial charge is 0.492 e. The first-order valence-corrected chi connectivity index (χ1v) is 43.3. The number of carbonyl (C=O) groups is 19. The van der Waals surface area contributed by atoms with Gasteiger partial charge in [-0.3, -0.25) is 91.1 Å². The van der Waals surface area contributed by atoms with Gasteiger partial charge in [-0.05, 0) is 139 Å². The monoisotopic (exact) mass is 1860 g/mol. The molecule has 131 heavy (non-hydrogen) atoms. The first-order chi connectivity index (χ1) is 61.3. The third-order valence-electron chi connectivity index (χ3n) is 20.6. The summed E-state index contributed by atoms with van der Waals surface area (Å²) in [5.74, 6) is -18.9. The molecule has 0 aliphatic carbocycles. The summed E-state index contributed by atoms with van der Waals surface area (Å²) in [7, 11) is 0. The predicted molar refractivity (Wildman–Crippen MR) is 489 cm³/mol. The van der Waals surface area contributed by atoms with Crippen LogP contribution in [0.25, 0.3) is 21.7 Å².